The van der Waals surface area contributed by atoms with Gasteiger partial charge in [-0.3, -0.25) is 4.90 Å². The Kier molecular flexibility index (Phi) is 4.63. The van der Waals surface area contributed by atoms with Crippen molar-refractivity contribution in [2.75, 3.05) is 33.4 Å². The summed E-state index contributed by atoms with van der Waals surface area (Å²) in [5.41, 5.74) is 0.198. The molecule has 0 aliphatic carbocycles. The molecule has 0 aromatic heterocycles. The normalized spacial score (nSPS) is 15.4. The Morgan fingerprint density at radius 3 is 2.68 bits per heavy atom. The molecule has 1 aromatic carbocycles. The van der Waals surface area contributed by atoms with Crippen LogP contribution < -0.4 is 9.47 Å². The predicted octanol–water partition coefficient (Wildman–Crippen LogP) is 1.87. The van der Waals surface area contributed by atoms with Gasteiger partial charge in [-0.05, 0) is 44.1 Å². The summed E-state index contributed by atoms with van der Waals surface area (Å²) in [4.78, 5) is 13.2. The lowest BCUT2D eigenvalue weighted by molar-refractivity contribution is 0.0696. The highest BCUT2D eigenvalue weighted by atomic mass is 16.5. The van der Waals surface area contributed by atoms with E-state index in [0.29, 0.717) is 18.1 Å². The number of likely N-dealkylation sites (tertiary alicyclic amines) is 1. The number of hydrogen-bond acceptors (Lipinski definition) is 4. The lowest BCUT2D eigenvalue weighted by atomic mass is 10.2. The monoisotopic (exact) mass is 265 g/mol. The van der Waals surface area contributed by atoms with E-state index in [1.165, 1.54) is 32.1 Å². The highest BCUT2D eigenvalue weighted by Crippen LogP contribution is 2.28. The van der Waals surface area contributed by atoms with Crippen LogP contribution in [0, 0.1) is 0 Å². The van der Waals surface area contributed by atoms with Crippen LogP contribution in [0.3, 0.4) is 0 Å². The maximum Gasteiger partial charge on any atom is 0.335 e. The van der Waals surface area contributed by atoms with Crippen LogP contribution >= 0.6 is 0 Å². The van der Waals surface area contributed by atoms with Crippen molar-refractivity contribution in [3.8, 4) is 11.5 Å². The van der Waals surface area contributed by atoms with Crippen molar-refractivity contribution >= 4 is 5.97 Å². The lowest BCUT2D eigenvalue weighted by Crippen LogP contribution is -2.25. The second-order valence-electron chi connectivity index (χ2n) is 4.57. The molecule has 1 aliphatic rings. The third-order valence-electron chi connectivity index (χ3n) is 3.27. The largest absolute Gasteiger partial charge is 0.493 e. The van der Waals surface area contributed by atoms with Gasteiger partial charge in [0.25, 0.3) is 0 Å². The molecule has 104 valence electrons. The molecular formula is C14H19NO4. The number of rotatable bonds is 6. The first kappa shape index (κ1) is 13.7. The smallest absolute Gasteiger partial charge is 0.335 e. The van der Waals surface area contributed by atoms with Crippen LogP contribution in [0.1, 0.15) is 23.2 Å². The number of carboxylic acids is 1. The first-order valence-electron chi connectivity index (χ1n) is 6.47. The minimum absolute atomic E-state index is 0.198. The third-order valence-corrected chi connectivity index (χ3v) is 3.27. The van der Waals surface area contributed by atoms with Gasteiger partial charge in [-0.15, -0.1) is 0 Å². The van der Waals surface area contributed by atoms with Crippen molar-refractivity contribution in [1.29, 1.82) is 0 Å². The van der Waals surface area contributed by atoms with Gasteiger partial charge in [0.05, 0.1) is 12.7 Å². The molecule has 0 bridgehead atoms. The second kappa shape index (κ2) is 6.43. The van der Waals surface area contributed by atoms with Crippen molar-refractivity contribution in [3.63, 3.8) is 0 Å². The van der Waals surface area contributed by atoms with Gasteiger partial charge in [-0.2, -0.15) is 0 Å². The van der Waals surface area contributed by atoms with Gasteiger partial charge in [0, 0.05) is 6.54 Å². The Morgan fingerprint density at radius 2 is 2.05 bits per heavy atom. The Bertz CT molecular complexity index is 441. The zero-order valence-corrected chi connectivity index (χ0v) is 11.1. The highest BCUT2D eigenvalue weighted by Gasteiger charge is 2.13. The van der Waals surface area contributed by atoms with E-state index in [1.807, 2.05) is 0 Å². The molecule has 1 heterocycles. The maximum absolute atomic E-state index is 10.9. The summed E-state index contributed by atoms with van der Waals surface area (Å²) in [5, 5.41) is 8.91. The molecule has 19 heavy (non-hydrogen) atoms. The summed E-state index contributed by atoms with van der Waals surface area (Å²) < 4.78 is 10.8. The van der Waals surface area contributed by atoms with E-state index in [0.717, 1.165) is 19.6 Å². The highest BCUT2D eigenvalue weighted by molar-refractivity contribution is 5.88. The molecule has 1 N–H and O–H groups in total. The molecule has 1 aromatic rings. The van der Waals surface area contributed by atoms with Gasteiger partial charge in [0.2, 0.25) is 0 Å². The van der Waals surface area contributed by atoms with E-state index in [1.54, 1.807) is 6.07 Å². The molecule has 5 nitrogen and oxygen atoms in total. The summed E-state index contributed by atoms with van der Waals surface area (Å²) >= 11 is 0. The Labute approximate surface area is 112 Å². The Morgan fingerprint density at radius 1 is 1.32 bits per heavy atom. The van der Waals surface area contributed by atoms with E-state index < -0.39 is 5.97 Å². The SMILES string of the molecule is COc1cc(C(=O)O)ccc1OCCN1CCCC1. The van der Waals surface area contributed by atoms with Crippen molar-refractivity contribution in [1.82, 2.24) is 4.90 Å². The standard InChI is InChI=1S/C14H19NO4/c1-18-13-10-11(14(16)17)4-5-12(13)19-9-8-15-6-2-3-7-15/h4-5,10H,2-3,6-9H2,1H3,(H,16,17). The van der Waals surface area contributed by atoms with E-state index in [2.05, 4.69) is 4.90 Å². The van der Waals surface area contributed by atoms with Gasteiger partial charge in [-0.1, -0.05) is 0 Å². The van der Waals surface area contributed by atoms with Crippen LogP contribution in [0.15, 0.2) is 18.2 Å². The van der Waals surface area contributed by atoms with Gasteiger partial charge < -0.3 is 14.6 Å². The molecule has 1 saturated heterocycles. The van der Waals surface area contributed by atoms with Gasteiger partial charge in [0.15, 0.2) is 11.5 Å². The van der Waals surface area contributed by atoms with Crippen molar-refractivity contribution in [2.24, 2.45) is 0 Å². The molecule has 5 heteroatoms. The molecule has 0 unspecified atom stereocenters. The zero-order valence-electron chi connectivity index (χ0n) is 11.1. The molecule has 2 rings (SSSR count). The van der Waals surface area contributed by atoms with Gasteiger partial charge in [-0.25, -0.2) is 4.79 Å². The fourth-order valence-corrected chi connectivity index (χ4v) is 2.21. The molecule has 0 saturated carbocycles. The number of aromatic carboxylic acids is 1. The van der Waals surface area contributed by atoms with Crippen LogP contribution in [0.4, 0.5) is 0 Å². The Balaban J connectivity index is 1.93. The first-order chi connectivity index (χ1) is 9.20. The molecular weight excluding hydrogens is 246 g/mol. The van der Waals surface area contributed by atoms with Gasteiger partial charge in [0.1, 0.15) is 6.61 Å². The summed E-state index contributed by atoms with van der Waals surface area (Å²) in [6, 6.07) is 4.65. The number of benzene rings is 1. The molecule has 0 amide bonds. The van der Waals surface area contributed by atoms with Crippen LogP contribution in [-0.2, 0) is 0 Å². The molecule has 0 spiro atoms. The predicted molar refractivity (Wildman–Crippen MR) is 71.1 cm³/mol. The molecule has 0 radical (unpaired) electrons. The second-order valence-corrected chi connectivity index (χ2v) is 4.57. The van der Waals surface area contributed by atoms with E-state index in [4.69, 9.17) is 14.6 Å². The van der Waals surface area contributed by atoms with Crippen molar-refractivity contribution in [2.45, 2.75) is 12.8 Å². The average molecular weight is 265 g/mol. The molecule has 1 aliphatic heterocycles. The van der Waals surface area contributed by atoms with E-state index >= 15 is 0 Å². The van der Waals surface area contributed by atoms with Crippen LogP contribution in [0.25, 0.3) is 0 Å². The number of methoxy groups -OCH3 is 1. The van der Waals surface area contributed by atoms with Crippen LogP contribution in [0.5, 0.6) is 11.5 Å². The minimum atomic E-state index is -0.970. The maximum atomic E-state index is 10.9. The van der Waals surface area contributed by atoms with Crippen molar-refractivity contribution in [3.05, 3.63) is 23.8 Å². The Hall–Kier alpha value is -1.75. The quantitative estimate of drug-likeness (QED) is 0.851. The number of hydrogen-bond donors (Lipinski definition) is 1. The molecule has 1 fully saturated rings. The van der Waals surface area contributed by atoms with E-state index in [9.17, 15) is 4.79 Å². The summed E-state index contributed by atoms with van der Waals surface area (Å²) in [6.07, 6.45) is 2.52. The summed E-state index contributed by atoms with van der Waals surface area (Å²) in [7, 11) is 1.51. The number of ether oxygens (including phenoxy) is 2. The minimum Gasteiger partial charge on any atom is -0.493 e. The van der Waals surface area contributed by atoms with E-state index in [-0.39, 0.29) is 5.56 Å². The number of carbonyl (C=O) groups is 1. The topological polar surface area (TPSA) is 59.0 Å². The lowest BCUT2D eigenvalue weighted by Gasteiger charge is -2.16. The fourth-order valence-electron chi connectivity index (χ4n) is 2.21. The molecule has 0 atom stereocenters. The fraction of sp³-hybridized carbons (Fsp3) is 0.500. The summed E-state index contributed by atoms with van der Waals surface area (Å²) in [6.45, 7) is 3.75. The first-order valence-corrected chi connectivity index (χ1v) is 6.47. The zero-order chi connectivity index (χ0) is 13.7. The number of carboxylic acid groups (broad SMARTS) is 1. The van der Waals surface area contributed by atoms with Crippen LogP contribution in [0.2, 0.25) is 0 Å². The third kappa shape index (κ3) is 3.61. The van der Waals surface area contributed by atoms with Crippen molar-refractivity contribution < 1.29 is 19.4 Å². The summed E-state index contributed by atoms with van der Waals surface area (Å²) in [5.74, 6) is 0.0786. The average Bonchev–Trinajstić information content (AvgIpc) is 2.92. The van der Waals surface area contributed by atoms with Gasteiger partial charge >= 0.3 is 5.97 Å². The van der Waals surface area contributed by atoms with Crippen LogP contribution in [-0.4, -0.2) is 49.3 Å². The number of nitrogens with zero attached hydrogens (tertiary/aromatic N) is 1.